The number of hydrogen-bond acceptors (Lipinski definition) is 3. The van der Waals surface area contributed by atoms with Crippen LogP contribution < -0.4 is 5.32 Å². The van der Waals surface area contributed by atoms with Crippen molar-refractivity contribution in [2.75, 3.05) is 19.8 Å². The summed E-state index contributed by atoms with van der Waals surface area (Å²) in [5.41, 5.74) is 0.487. The number of halogens is 1. The highest BCUT2D eigenvalue weighted by atomic mass is 35.5. The molecule has 0 aliphatic rings. The lowest BCUT2D eigenvalue weighted by molar-refractivity contribution is 0.0917. The smallest absolute Gasteiger partial charge is 0.252 e. The molecule has 0 aromatic carbocycles. The zero-order valence-electron chi connectivity index (χ0n) is 9.49. The molecule has 92 valence electrons. The molecule has 0 saturated heterocycles. The minimum atomic E-state index is -0.179. The molecule has 0 atom stereocenters. The number of aromatic nitrogens is 1. The molecule has 1 N–H and O–H groups in total. The monoisotopic (exact) mass is 254 g/mol. The average Bonchev–Trinajstić information content (AvgIpc) is 2.34. The van der Waals surface area contributed by atoms with Crippen molar-refractivity contribution in [2.45, 2.75) is 6.42 Å². The topological polar surface area (TPSA) is 51.2 Å². The third-order valence-electron chi connectivity index (χ3n) is 1.99. The van der Waals surface area contributed by atoms with E-state index in [1.54, 1.807) is 18.2 Å². The Balaban J connectivity index is 2.21. The van der Waals surface area contributed by atoms with Gasteiger partial charge in [0.25, 0.3) is 5.91 Å². The molecule has 5 heteroatoms. The van der Waals surface area contributed by atoms with E-state index in [0.717, 1.165) is 6.42 Å². The van der Waals surface area contributed by atoms with Gasteiger partial charge in [0.15, 0.2) is 0 Å². The number of carbonyl (C=O) groups is 1. The van der Waals surface area contributed by atoms with Gasteiger partial charge in [-0.05, 0) is 18.6 Å². The summed E-state index contributed by atoms with van der Waals surface area (Å²) in [6.45, 7) is 5.17. The fourth-order valence-corrected chi connectivity index (χ4v) is 1.23. The first kappa shape index (κ1) is 13.7. The fraction of sp³-hybridized carbons (Fsp3) is 0.333. The van der Waals surface area contributed by atoms with E-state index in [1.807, 2.05) is 0 Å². The highest BCUT2D eigenvalue weighted by molar-refractivity contribution is 6.29. The van der Waals surface area contributed by atoms with Crippen molar-refractivity contribution in [3.05, 3.63) is 41.7 Å². The van der Waals surface area contributed by atoms with Gasteiger partial charge in [0.1, 0.15) is 5.15 Å². The van der Waals surface area contributed by atoms with E-state index in [-0.39, 0.29) is 5.91 Å². The van der Waals surface area contributed by atoms with Crippen LogP contribution in [-0.2, 0) is 4.74 Å². The van der Waals surface area contributed by atoms with Crippen LogP contribution in [0.15, 0.2) is 31.0 Å². The molecule has 0 aliphatic carbocycles. The van der Waals surface area contributed by atoms with Crippen LogP contribution in [0, 0.1) is 0 Å². The number of nitrogens with one attached hydrogen (secondary N) is 1. The van der Waals surface area contributed by atoms with E-state index in [2.05, 4.69) is 16.9 Å². The normalized spacial score (nSPS) is 9.94. The molecule has 0 radical (unpaired) electrons. The average molecular weight is 255 g/mol. The standard InChI is InChI=1S/C12H15ClN2O2/c1-2-3-7-17-8-6-14-12(16)10-4-5-11(13)15-9-10/h2,4-5,9H,1,3,6-8H2,(H,14,16). The molecule has 1 heterocycles. The van der Waals surface area contributed by atoms with E-state index >= 15 is 0 Å². The van der Waals surface area contributed by atoms with Gasteiger partial charge in [0.2, 0.25) is 0 Å². The van der Waals surface area contributed by atoms with Gasteiger partial charge in [-0.1, -0.05) is 17.7 Å². The Hall–Kier alpha value is -1.39. The van der Waals surface area contributed by atoms with Crippen molar-refractivity contribution in [1.82, 2.24) is 10.3 Å². The summed E-state index contributed by atoms with van der Waals surface area (Å²) in [5.74, 6) is -0.179. The number of nitrogens with zero attached hydrogens (tertiary/aromatic N) is 1. The van der Waals surface area contributed by atoms with Crippen LogP contribution in [0.4, 0.5) is 0 Å². The fourth-order valence-electron chi connectivity index (χ4n) is 1.12. The molecular formula is C12H15ClN2O2. The van der Waals surface area contributed by atoms with Gasteiger partial charge in [-0.25, -0.2) is 4.98 Å². The first-order valence-electron chi connectivity index (χ1n) is 5.32. The van der Waals surface area contributed by atoms with E-state index < -0.39 is 0 Å². The third-order valence-corrected chi connectivity index (χ3v) is 2.21. The van der Waals surface area contributed by atoms with Gasteiger partial charge < -0.3 is 10.1 Å². The molecule has 17 heavy (non-hydrogen) atoms. The van der Waals surface area contributed by atoms with Crippen LogP contribution in [-0.4, -0.2) is 30.6 Å². The lowest BCUT2D eigenvalue weighted by atomic mass is 10.3. The molecule has 0 fully saturated rings. The van der Waals surface area contributed by atoms with E-state index in [9.17, 15) is 4.79 Å². The number of carbonyl (C=O) groups excluding carboxylic acids is 1. The molecule has 1 rings (SSSR count). The predicted octanol–water partition coefficient (Wildman–Crippen LogP) is 2.06. The summed E-state index contributed by atoms with van der Waals surface area (Å²) in [6.07, 6.45) is 4.04. The van der Waals surface area contributed by atoms with Gasteiger partial charge >= 0.3 is 0 Å². The Morgan fingerprint density at radius 3 is 3.00 bits per heavy atom. The third kappa shape index (κ3) is 5.47. The number of ether oxygens (including phenoxy) is 1. The highest BCUT2D eigenvalue weighted by Gasteiger charge is 2.04. The Bertz CT molecular complexity index is 365. The van der Waals surface area contributed by atoms with Crippen molar-refractivity contribution in [1.29, 1.82) is 0 Å². The second kappa shape index (κ2) is 7.81. The van der Waals surface area contributed by atoms with Crippen LogP contribution in [0.3, 0.4) is 0 Å². The van der Waals surface area contributed by atoms with Gasteiger partial charge in [-0.15, -0.1) is 6.58 Å². The van der Waals surface area contributed by atoms with Gasteiger partial charge in [0, 0.05) is 12.7 Å². The molecule has 1 aromatic heterocycles. The van der Waals surface area contributed by atoms with Crippen molar-refractivity contribution >= 4 is 17.5 Å². The zero-order valence-corrected chi connectivity index (χ0v) is 10.2. The first-order chi connectivity index (χ1) is 8.24. The molecule has 4 nitrogen and oxygen atoms in total. The molecule has 0 bridgehead atoms. The Morgan fingerprint density at radius 2 is 2.35 bits per heavy atom. The van der Waals surface area contributed by atoms with Gasteiger partial charge in [-0.2, -0.15) is 0 Å². The highest BCUT2D eigenvalue weighted by Crippen LogP contribution is 2.04. The quantitative estimate of drug-likeness (QED) is 0.460. The number of pyridine rings is 1. The van der Waals surface area contributed by atoms with Gasteiger partial charge in [0.05, 0.1) is 18.8 Å². The minimum Gasteiger partial charge on any atom is -0.379 e. The van der Waals surface area contributed by atoms with E-state index in [4.69, 9.17) is 16.3 Å². The Kier molecular flexibility index (Phi) is 6.29. The second-order valence-corrected chi connectivity index (χ2v) is 3.70. The lowest BCUT2D eigenvalue weighted by Gasteiger charge is -2.05. The molecule has 1 amide bonds. The minimum absolute atomic E-state index is 0.179. The number of amides is 1. The number of hydrogen-bond donors (Lipinski definition) is 1. The molecule has 0 spiro atoms. The molecule has 0 aliphatic heterocycles. The van der Waals surface area contributed by atoms with E-state index in [0.29, 0.717) is 30.5 Å². The largest absolute Gasteiger partial charge is 0.379 e. The van der Waals surface area contributed by atoms with Crippen molar-refractivity contribution in [3.8, 4) is 0 Å². The lowest BCUT2D eigenvalue weighted by Crippen LogP contribution is -2.27. The van der Waals surface area contributed by atoms with Crippen LogP contribution in [0.1, 0.15) is 16.8 Å². The maximum Gasteiger partial charge on any atom is 0.252 e. The second-order valence-electron chi connectivity index (χ2n) is 3.32. The summed E-state index contributed by atoms with van der Waals surface area (Å²) >= 11 is 5.62. The summed E-state index contributed by atoms with van der Waals surface area (Å²) in [5, 5.41) is 3.09. The maximum absolute atomic E-state index is 11.6. The summed E-state index contributed by atoms with van der Waals surface area (Å²) < 4.78 is 5.26. The van der Waals surface area contributed by atoms with Crippen LogP contribution in [0.5, 0.6) is 0 Å². The maximum atomic E-state index is 11.6. The summed E-state index contributed by atoms with van der Waals surface area (Å²) in [6, 6.07) is 3.21. The van der Waals surface area contributed by atoms with Crippen molar-refractivity contribution in [3.63, 3.8) is 0 Å². The van der Waals surface area contributed by atoms with Crippen LogP contribution in [0.2, 0.25) is 5.15 Å². The summed E-state index contributed by atoms with van der Waals surface area (Å²) in [7, 11) is 0. The Morgan fingerprint density at radius 1 is 1.53 bits per heavy atom. The predicted molar refractivity (Wildman–Crippen MR) is 67.2 cm³/mol. The zero-order chi connectivity index (χ0) is 12.5. The first-order valence-corrected chi connectivity index (χ1v) is 5.70. The molecule has 1 aromatic rings. The number of rotatable bonds is 7. The molecule has 0 saturated carbocycles. The van der Waals surface area contributed by atoms with Crippen molar-refractivity contribution < 1.29 is 9.53 Å². The SMILES string of the molecule is C=CCCOCCNC(=O)c1ccc(Cl)nc1. The summed E-state index contributed by atoms with van der Waals surface area (Å²) in [4.78, 5) is 15.4. The van der Waals surface area contributed by atoms with Gasteiger partial charge in [-0.3, -0.25) is 4.79 Å². The van der Waals surface area contributed by atoms with E-state index in [1.165, 1.54) is 6.20 Å². The molecule has 0 unspecified atom stereocenters. The van der Waals surface area contributed by atoms with Crippen LogP contribution in [0.25, 0.3) is 0 Å². The van der Waals surface area contributed by atoms with Crippen molar-refractivity contribution in [2.24, 2.45) is 0 Å². The molecular weight excluding hydrogens is 240 g/mol. The van der Waals surface area contributed by atoms with Crippen LogP contribution >= 0.6 is 11.6 Å². The Labute approximate surface area is 106 Å².